The molecule has 0 unspecified atom stereocenters. The predicted molar refractivity (Wildman–Crippen MR) is 131 cm³/mol. The molecule has 2 fully saturated rings. The predicted octanol–water partition coefficient (Wildman–Crippen LogP) is -8.19. The van der Waals surface area contributed by atoms with Crippen LogP contribution in [-0.4, -0.2) is 106 Å². The van der Waals surface area contributed by atoms with Gasteiger partial charge >= 0.3 is 59.1 Å². The normalized spacial score (nSPS) is 14.7. The number of aromatic nitrogens is 4. The van der Waals surface area contributed by atoms with E-state index in [1.54, 1.807) is 21.9 Å². The van der Waals surface area contributed by atoms with Gasteiger partial charge in [0.15, 0.2) is 11.6 Å². The van der Waals surface area contributed by atoms with E-state index >= 15 is 0 Å². The molecule has 204 valence electrons. The molecule has 16 heteroatoms. The first kappa shape index (κ1) is 35.7. The van der Waals surface area contributed by atoms with Gasteiger partial charge in [-0.05, 0) is 12.1 Å². The molecule has 4 heterocycles. The fraction of sp³-hybridized carbons (Fsp3) is 0.500. The maximum absolute atomic E-state index is 11.5. The van der Waals surface area contributed by atoms with E-state index in [1.807, 2.05) is 23.6 Å². The molecule has 0 spiro atoms. The summed E-state index contributed by atoms with van der Waals surface area (Å²) >= 11 is 0. The topological polar surface area (TPSA) is 179 Å². The summed E-state index contributed by atoms with van der Waals surface area (Å²) < 4.78 is 0. The Morgan fingerprint density at radius 1 is 0.650 bits per heavy atom. The van der Waals surface area contributed by atoms with Gasteiger partial charge in [0, 0.05) is 77.6 Å². The van der Waals surface area contributed by atoms with Crippen LogP contribution in [0.2, 0.25) is 0 Å². The molecular weight excluding hydrogens is 542 g/mol. The second-order valence-electron chi connectivity index (χ2n) is 8.49. The van der Waals surface area contributed by atoms with Crippen LogP contribution >= 0.6 is 0 Å². The van der Waals surface area contributed by atoms with Gasteiger partial charge in [0.05, 0.1) is 0 Å². The quantitative estimate of drug-likeness (QED) is 0.299. The summed E-state index contributed by atoms with van der Waals surface area (Å²) in [5.41, 5.74) is 0. The van der Waals surface area contributed by atoms with E-state index in [4.69, 9.17) is 0 Å². The number of piperazine rings is 2. The van der Waals surface area contributed by atoms with Crippen molar-refractivity contribution in [3.8, 4) is 0 Å². The third-order valence-electron chi connectivity index (χ3n) is 6.16. The molecule has 14 nitrogen and oxygen atoms in total. The molecule has 0 bridgehead atoms. The molecular formula is C24H30N8Na2O6. The Balaban J connectivity index is 0.000000381. The number of anilines is 2. The number of hydrogen-bond acceptors (Lipinski definition) is 12. The number of carbonyl (C=O) groups is 4. The molecule has 0 N–H and O–H groups in total. The van der Waals surface area contributed by atoms with Crippen LogP contribution in [0.1, 0.15) is 47.9 Å². The molecule has 2 aromatic rings. The zero-order chi connectivity index (χ0) is 27.7. The van der Waals surface area contributed by atoms with Crippen molar-refractivity contribution >= 4 is 35.4 Å². The van der Waals surface area contributed by atoms with E-state index in [1.165, 1.54) is 12.4 Å². The van der Waals surface area contributed by atoms with E-state index in [2.05, 4.69) is 19.9 Å². The van der Waals surface area contributed by atoms with Crippen molar-refractivity contribution in [2.75, 3.05) is 62.2 Å². The Hall–Kier alpha value is -2.36. The van der Waals surface area contributed by atoms with Gasteiger partial charge in [-0.3, -0.25) is 9.59 Å². The van der Waals surface area contributed by atoms with Crippen LogP contribution in [-0.2, 0) is 9.59 Å². The maximum Gasteiger partial charge on any atom is 1.00 e. The third-order valence-corrected chi connectivity index (χ3v) is 6.16. The van der Waals surface area contributed by atoms with Crippen molar-refractivity contribution in [2.24, 2.45) is 0 Å². The Kier molecular flexibility index (Phi) is 15.6. The Labute approximate surface area is 276 Å². The number of amides is 2. The number of hydrogen-bond donors (Lipinski definition) is 0. The molecule has 2 aromatic heterocycles. The summed E-state index contributed by atoms with van der Waals surface area (Å²) in [4.78, 5) is 67.1. The monoisotopic (exact) mass is 572 g/mol. The van der Waals surface area contributed by atoms with E-state index < -0.39 is 11.9 Å². The minimum absolute atomic E-state index is 0. The number of rotatable bonds is 6. The van der Waals surface area contributed by atoms with Crippen LogP contribution in [0.15, 0.2) is 24.5 Å². The molecule has 2 aliphatic heterocycles. The second kappa shape index (κ2) is 17.5. The smallest absolute Gasteiger partial charge is 0.542 e. The summed E-state index contributed by atoms with van der Waals surface area (Å²) in [6, 6.07) is 3.31. The van der Waals surface area contributed by atoms with Crippen molar-refractivity contribution in [2.45, 2.75) is 26.7 Å². The Morgan fingerprint density at radius 3 is 1.25 bits per heavy atom. The molecule has 0 aliphatic carbocycles. The molecule has 0 saturated carbocycles. The van der Waals surface area contributed by atoms with Crippen LogP contribution in [0.3, 0.4) is 0 Å². The van der Waals surface area contributed by atoms with Gasteiger partial charge in [0.25, 0.3) is 0 Å². The first-order valence-electron chi connectivity index (χ1n) is 12.4. The zero-order valence-corrected chi connectivity index (χ0v) is 27.4. The molecule has 2 saturated heterocycles. The Bertz CT molecular complexity index is 1070. The Morgan fingerprint density at radius 2 is 0.975 bits per heavy atom. The standard InChI is InChI=1S/2C12H16N4O3.2Na/c2*1-2-10(17)16-7-5-15(6-8-16)9-3-4-13-11(14-9)12(18)19;;/h2*3-4H,2,5-8H2,1H3,(H,18,19);;/q;;2*+1/p-2. The summed E-state index contributed by atoms with van der Waals surface area (Å²) in [6.07, 6.45) is 3.80. The van der Waals surface area contributed by atoms with Crippen LogP contribution in [0.4, 0.5) is 11.6 Å². The van der Waals surface area contributed by atoms with Crippen LogP contribution in [0.25, 0.3) is 0 Å². The maximum atomic E-state index is 11.5. The average Bonchev–Trinajstić information content (AvgIpc) is 2.97. The van der Waals surface area contributed by atoms with Crippen LogP contribution in [0, 0.1) is 0 Å². The summed E-state index contributed by atoms with van der Waals surface area (Å²) in [5.74, 6) is -2.02. The van der Waals surface area contributed by atoms with E-state index in [-0.39, 0.29) is 82.6 Å². The van der Waals surface area contributed by atoms with Gasteiger partial charge in [0.2, 0.25) is 11.8 Å². The number of nitrogens with zero attached hydrogens (tertiary/aromatic N) is 8. The van der Waals surface area contributed by atoms with Gasteiger partial charge in [-0.25, -0.2) is 19.9 Å². The molecule has 40 heavy (non-hydrogen) atoms. The number of aromatic carboxylic acids is 2. The zero-order valence-electron chi connectivity index (χ0n) is 23.4. The first-order chi connectivity index (χ1) is 18.2. The minimum atomic E-state index is -1.39. The fourth-order valence-electron chi connectivity index (χ4n) is 4.06. The average molecular weight is 573 g/mol. The summed E-state index contributed by atoms with van der Waals surface area (Å²) in [7, 11) is 0. The largest absolute Gasteiger partial charge is 1.00 e. The molecule has 2 aliphatic rings. The second-order valence-corrected chi connectivity index (χ2v) is 8.49. The number of carboxylic acids is 2. The molecule has 0 aromatic carbocycles. The summed E-state index contributed by atoms with van der Waals surface area (Å²) in [5, 5.41) is 21.4. The van der Waals surface area contributed by atoms with Crippen molar-refractivity contribution in [3.05, 3.63) is 36.2 Å². The third kappa shape index (κ3) is 9.93. The fourth-order valence-corrected chi connectivity index (χ4v) is 4.06. The summed E-state index contributed by atoms with van der Waals surface area (Å²) in [6.45, 7) is 8.70. The molecule has 2 amide bonds. The molecule has 4 rings (SSSR count). The SMILES string of the molecule is CCC(=O)N1CCN(c2ccnc(C(=O)[O-])n2)CC1.CCC(=O)N1CCN(c2ccnc(C(=O)[O-])n2)CC1.[Na+].[Na+]. The van der Waals surface area contributed by atoms with Crippen molar-refractivity contribution in [1.82, 2.24) is 29.7 Å². The van der Waals surface area contributed by atoms with Gasteiger partial charge in [-0.1, -0.05) is 13.8 Å². The van der Waals surface area contributed by atoms with Crippen molar-refractivity contribution in [1.29, 1.82) is 0 Å². The van der Waals surface area contributed by atoms with Crippen LogP contribution < -0.4 is 79.1 Å². The van der Waals surface area contributed by atoms with Gasteiger partial charge < -0.3 is 39.4 Å². The first-order valence-corrected chi connectivity index (χ1v) is 12.4. The van der Waals surface area contributed by atoms with E-state index in [0.29, 0.717) is 76.8 Å². The number of carbonyl (C=O) groups excluding carboxylic acids is 4. The molecule has 0 radical (unpaired) electrons. The van der Waals surface area contributed by atoms with Gasteiger partial charge in [-0.15, -0.1) is 0 Å². The number of carboxylic acid groups (broad SMARTS) is 2. The van der Waals surface area contributed by atoms with Crippen molar-refractivity contribution in [3.63, 3.8) is 0 Å². The van der Waals surface area contributed by atoms with Gasteiger partial charge in [0.1, 0.15) is 23.6 Å². The van der Waals surface area contributed by atoms with Crippen LogP contribution in [0.5, 0.6) is 0 Å². The molecule has 0 atom stereocenters. The van der Waals surface area contributed by atoms with E-state index in [0.717, 1.165) is 0 Å². The van der Waals surface area contributed by atoms with Crippen molar-refractivity contribution < 1.29 is 88.5 Å². The van der Waals surface area contributed by atoms with Gasteiger partial charge in [-0.2, -0.15) is 0 Å². The minimum Gasteiger partial charge on any atom is -0.542 e. The van der Waals surface area contributed by atoms with E-state index in [9.17, 15) is 29.4 Å².